The Balaban J connectivity index is 1.82. The van der Waals surface area contributed by atoms with Gasteiger partial charge in [-0.05, 0) is 31.9 Å². The molecule has 0 N–H and O–H groups in total. The molecule has 1 saturated heterocycles. The average molecular weight is 193 g/mol. The zero-order chi connectivity index (χ0) is 9.80. The Hall–Kier alpha value is -1.09. The maximum Gasteiger partial charge on any atom is 0.137 e. The van der Waals surface area contributed by atoms with Crippen LogP contribution in [0.15, 0.2) is 18.3 Å². The molecule has 0 amide bonds. The maximum atomic E-state index is 5.56. The molecule has 3 nitrogen and oxygen atoms in total. The third-order valence-corrected chi connectivity index (χ3v) is 2.34. The highest BCUT2D eigenvalue weighted by atomic mass is 16.5. The molecule has 14 heavy (non-hydrogen) atoms. The van der Waals surface area contributed by atoms with Crippen LogP contribution in [0.1, 0.15) is 18.5 Å². The Kier molecular flexibility index (Phi) is 2.99. The summed E-state index contributed by atoms with van der Waals surface area (Å²) < 4.78 is 11.0. The first-order chi connectivity index (χ1) is 6.84. The molecule has 2 heterocycles. The highest BCUT2D eigenvalue weighted by Crippen LogP contribution is 2.14. The van der Waals surface area contributed by atoms with Crippen LogP contribution in [0.25, 0.3) is 0 Å². The first kappa shape index (κ1) is 9.46. The van der Waals surface area contributed by atoms with Crippen molar-refractivity contribution < 1.29 is 9.47 Å². The molecule has 2 rings (SSSR count). The van der Waals surface area contributed by atoms with E-state index in [1.165, 1.54) is 0 Å². The zero-order valence-corrected chi connectivity index (χ0v) is 8.40. The van der Waals surface area contributed by atoms with Crippen molar-refractivity contribution in [2.75, 3.05) is 13.2 Å². The van der Waals surface area contributed by atoms with Gasteiger partial charge in [-0.25, -0.2) is 0 Å². The highest BCUT2D eigenvalue weighted by molar-refractivity contribution is 5.19. The fraction of sp³-hybridized carbons (Fsp3) is 0.545. The molecule has 1 aliphatic rings. The van der Waals surface area contributed by atoms with Gasteiger partial charge in [-0.3, -0.25) is 4.98 Å². The van der Waals surface area contributed by atoms with Crippen LogP contribution >= 0.6 is 0 Å². The van der Waals surface area contributed by atoms with E-state index in [-0.39, 0.29) is 6.10 Å². The summed E-state index contributed by atoms with van der Waals surface area (Å²) in [5.41, 5.74) is 1.01. The van der Waals surface area contributed by atoms with E-state index in [9.17, 15) is 0 Å². The van der Waals surface area contributed by atoms with Crippen LogP contribution in [0, 0.1) is 6.92 Å². The molecule has 0 unspecified atom stereocenters. The minimum atomic E-state index is 0.274. The van der Waals surface area contributed by atoms with Gasteiger partial charge in [0.05, 0.1) is 12.3 Å². The minimum Gasteiger partial charge on any atom is -0.489 e. The maximum absolute atomic E-state index is 5.56. The summed E-state index contributed by atoms with van der Waals surface area (Å²) in [5.74, 6) is 0.825. The number of pyridine rings is 1. The summed E-state index contributed by atoms with van der Waals surface area (Å²) in [6.07, 6.45) is 4.29. The number of hydrogen-bond donors (Lipinski definition) is 0. The molecule has 1 aliphatic heterocycles. The lowest BCUT2D eigenvalue weighted by atomic mass is 10.2. The standard InChI is InChI=1S/C11H15NO2/c1-9-4-5-10(7-12-9)14-8-11-3-2-6-13-11/h4-5,7,11H,2-3,6,8H2,1H3/t11-/m1/s1. The quantitative estimate of drug-likeness (QED) is 0.735. The van der Waals surface area contributed by atoms with Crippen molar-refractivity contribution in [1.29, 1.82) is 0 Å². The molecule has 1 atom stereocenters. The highest BCUT2D eigenvalue weighted by Gasteiger charge is 2.15. The predicted molar refractivity (Wildman–Crippen MR) is 53.4 cm³/mol. The predicted octanol–water partition coefficient (Wildman–Crippen LogP) is 1.95. The second-order valence-corrected chi connectivity index (χ2v) is 3.58. The van der Waals surface area contributed by atoms with Gasteiger partial charge in [0, 0.05) is 12.3 Å². The van der Waals surface area contributed by atoms with Crippen molar-refractivity contribution in [3.63, 3.8) is 0 Å². The summed E-state index contributed by atoms with van der Waals surface area (Å²) in [4.78, 5) is 4.16. The fourth-order valence-electron chi connectivity index (χ4n) is 1.50. The van der Waals surface area contributed by atoms with Crippen molar-refractivity contribution in [1.82, 2.24) is 4.98 Å². The van der Waals surface area contributed by atoms with Crippen LogP contribution in [0.2, 0.25) is 0 Å². The van der Waals surface area contributed by atoms with Gasteiger partial charge in [0.2, 0.25) is 0 Å². The third-order valence-electron chi connectivity index (χ3n) is 2.34. The summed E-state index contributed by atoms with van der Waals surface area (Å²) in [5, 5.41) is 0. The number of nitrogens with zero attached hydrogens (tertiary/aromatic N) is 1. The molecule has 1 aromatic rings. The normalized spacial score (nSPS) is 21.1. The lowest BCUT2D eigenvalue weighted by Crippen LogP contribution is -2.16. The first-order valence-electron chi connectivity index (χ1n) is 5.01. The molecule has 1 aromatic heterocycles. The monoisotopic (exact) mass is 193 g/mol. The van der Waals surface area contributed by atoms with E-state index in [2.05, 4.69) is 4.98 Å². The largest absolute Gasteiger partial charge is 0.489 e. The van der Waals surface area contributed by atoms with E-state index < -0.39 is 0 Å². The smallest absolute Gasteiger partial charge is 0.137 e. The van der Waals surface area contributed by atoms with Gasteiger partial charge in [-0.15, -0.1) is 0 Å². The molecule has 0 saturated carbocycles. The Morgan fingerprint density at radius 3 is 3.14 bits per heavy atom. The van der Waals surface area contributed by atoms with Crippen LogP contribution in [0.3, 0.4) is 0 Å². The molecule has 0 radical (unpaired) electrons. The van der Waals surface area contributed by atoms with E-state index in [0.717, 1.165) is 30.9 Å². The van der Waals surface area contributed by atoms with Gasteiger partial charge in [0.25, 0.3) is 0 Å². The molecular formula is C11H15NO2. The number of aryl methyl sites for hydroxylation is 1. The molecule has 0 aliphatic carbocycles. The average Bonchev–Trinajstić information content (AvgIpc) is 2.70. The zero-order valence-electron chi connectivity index (χ0n) is 8.40. The molecule has 0 spiro atoms. The summed E-state index contributed by atoms with van der Waals surface area (Å²) >= 11 is 0. The number of hydrogen-bond acceptors (Lipinski definition) is 3. The second-order valence-electron chi connectivity index (χ2n) is 3.58. The summed E-state index contributed by atoms with van der Waals surface area (Å²) in [6.45, 7) is 3.48. The van der Waals surface area contributed by atoms with E-state index >= 15 is 0 Å². The van der Waals surface area contributed by atoms with Crippen LogP contribution in [-0.4, -0.2) is 24.3 Å². The minimum absolute atomic E-state index is 0.274. The van der Waals surface area contributed by atoms with Gasteiger partial charge in [0.1, 0.15) is 12.4 Å². The Labute approximate surface area is 84.1 Å². The Bertz CT molecular complexity index is 278. The molecule has 0 bridgehead atoms. The molecular weight excluding hydrogens is 178 g/mol. The van der Waals surface area contributed by atoms with Crippen LogP contribution in [0.5, 0.6) is 5.75 Å². The van der Waals surface area contributed by atoms with Gasteiger partial charge in [0.15, 0.2) is 0 Å². The summed E-state index contributed by atoms with van der Waals surface area (Å²) in [6, 6.07) is 3.89. The van der Waals surface area contributed by atoms with Gasteiger partial charge in [-0.2, -0.15) is 0 Å². The van der Waals surface area contributed by atoms with Crippen LogP contribution in [0.4, 0.5) is 0 Å². The number of aromatic nitrogens is 1. The van der Waals surface area contributed by atoms with Crippen molar-refractivity contribution >= 4 is 0 Å². The fourth-order valence-corrected chi connectivity index (χ4v) is 1.50. The molecule has 76 valence electrons. The first-order valence-corrected chi connectivity index (χ1v) is 5.01. The van der Waals surface area contributed by atoms with Crippen molar-refractivity contribution in [3.8, 4) is 5.75 Å². The van der Waals surface area contributed by atoms with E-state index in [1.807, 2.05) is 19.1 Å². The molecule has 0 aromatic carbocycles. The second kappa shape index (κ2) is 4.42. The van der Waals surface area contributed by atoms with Crippen molar-refractivity contribution in [2.24, 2.45) is 0 Å². The Morgan fingerprint density at radius 2 is 2.50 bits per heavy atom. The van der Waals surface area contributed by atoms with Crippen molar-refractivity contribution in [3.05, 3.63) is 24.0 Å². The van der Waals surface area contributed by atoms with Crippen molar-refractivity contribution in [2.45, 2.75) is 25.9 Å². The van der Waals surface area contributed by atoms with Gasteiger partial charge in [-0.1, -0.05) is 0 Å². The van der Waals surface area contributed by atoms with Gasteiger partial charge < -0.3 is 9.47 Å². The lowest BCUT2D eigenvalue weighted by Gasteiger charge is -2.10. The third kappa shape index (κ3) is 2.45. The van der Waals surface area contributed by atoms with E-state index in [1.54, 1.807) is 6.20 Å². The number of rotatable bonds is 3. The van der Waals surface area contributed by atoms with Gasteiger partial charge >= 0.3 is 0 Å². The van der Waals surface area contributed by atoms with E-state index in [4.69, 9.17) is 9.47 Å². The van der Waals surface area contributed by atoms with Crippen LogP contribution < -0.4 is 4.74 Å². The molecule has 1 fully saturated rings. The topological polar surface area (TPSA) is 31.4 Å². The number of ether oxygens (including phenoxy) is 2. The summed E-state index contributed by atoms with van der Waals surface area (Å²) in [7, 11) is 0. The lowest BCUT2D eigenvalue weighted by molar-refractivity contribution is 0.0678. The SMILES string of the molecule is Cc1ccc(OC[C@H]2CCCO2)cn1. The van der Waals surface area contributed by atoms with Crippen LogP contribution in [-0.2, 0) is 4.74 Å². The van der Waals surface area contributed by atoms with E-state index in [0.29, 0.717) is 6.61 Å². The Morgan fingerprint density at radius 1 is 1.57 bits per heavy atom. The molecule has 3 heteroatoms.